The van der Waals surface area contributed by atoms with Crippen molar-refractivity contribution in [1.82, 2.24) is 0 Å². The molecular formula is C58H64O. The first-order valence-corrected chi connectivity index (χ1v) is 21.7. The molecule has 0 atom stereocenters. The lowest BCUT2D eigenvalue weighted by atomic mass is 9.73. The van der Waals surface area contributed by atoms with E-state index in [0.29, 0.717) is 0 Å². The fourth-order valence-corrected chi connectivity index (χ4v) is 9.16. The normalized spacial score (nSPS) is 13.3. The number of benzene rings is 7. The van der Waals surface area contributed by atoms with Crippen LogP contribution in [0.5, 0.6) is 0 Å². The summed E-state index contributed by atoms with van der Waals surface area (Å²) in [5, 5.41) is 7.67. The van der Waals surface area contributed by atoms with Gasteiger partial charge in [0.25, 0.3) is 0 Å². The van der Waals surface area contributed by atoms with Crippen LogP contribution in [-0.2, 0) is 27.1 Å². The van der Waals surface area contributed by atoms with Crippen molar-refractivity contribution in [3.8, 4) is 33.4 Å². The Morgan fingerprint density at radius 3 is 0.983 bits per heavy atom. The van der Waals surface area contributed by atoms with E-state index in [4.69, 9.17) is 4.42 Å². The van der Waals surface area contributed by atoms with Gasteiger partial charge in [-0.3, -0.25) is 0 Å². The molecule has 0 N–H and O–H groups in total. The number of furan rings is 1. The molecule has 59 heavy (non-hydrogen) atoms. The van der Waals surface area contributed by atoms with Crippen molar-refractivity contribution in [3.63, 3.8) is 0 Å². The highest BCUT2D eigenvalue weighted by molar-refractivity contribution is 6.11. The smallest absolute Gasteiger partial charge is 0.135 e. The van der Waals surface area contributed by atoms with Gasteiger partial charge >= 0.3 is 0 Å². The molecule has 0 bridgehead atoms. The molecule has 8 rings (SSSR count). The molecule has 0 radical (unpaired) electrons. The maximum atomic E-state index is 6.42. The highest BCUT2D eigenvalue weighted by Gasteiger charge is 2.29. The highest BCUT2D eigenvalue weighted by Crippen LogP contribution is 2.47. The fraction of sp³-hybridized carbons (Fsp3) is 0.345. The van der Waals surface area contributed by atoms with E-state index in [0.717, 1.165) is 21.9 Å². The van der Waals surface area contributed by atoms with Crippen molar-refractivity contribution >= 4 is 43.5 Å². The van der Waals surface area contributed by atoms with Crippen LogP contribution in [0.2, 0.25) is 0 Å². The van der Waals surface area contributed by atoms with Crippen LogP contribution >= 0.6 is 0 Å². The minimum atomic E-state index is -0.0925. The van der Waals surface area contributed by atoms with Crippen molar-refractivity contribution in [2.24, 2.45) is 0 Å². The molecule has 8 aromatic rings. The second-order valence-electron chi connectivity index (χ2n) is 22.4. The van der Waals surface area contributed by atoms with E-state index in [1.54, 1.807) is 0 Å². The first-order valence-electron chi connectivity index (χ1n) is 21.7. The molecule has 7 aromatic carbocycles. The first-order chi connectivity index (χ1) is 27.4. The third kappa shape index (κ3) is 7.52. The van der Waals surface area contributed by atoms with Gasteiger partial charge in [-0.15, -0.1) is 0 Å². The molecule has 1 heteroatoms. The zero-order valence-electron chi connectivity index (χ0n) is 38.4. The lowest BCUT2D eigenvalue weighted by molar-refractivity contribution is 0.569. The molecule has 302 valence electrons. The third-order valence-corrected chi connectivity index (χ3v) is 12.5. The van der Waals surface area contributed by atoms with E-state index >= 15 is 0 Å². The molecule has 1 heterocycles. The predicted octanol–water partition coefficient (Wildman–Crippen LogP) is 17.4. The summed E-state index contributed by atoms with van der Waals surface area (Å²) >= 11 is 0. The number of hydrogen-bond acceptors (Lipinski definition) is 1. The van der Waals surface area contributed by atoms with E-state index < -0.39 is 0 Å². The number of fused-ring (bicyclic) bond motifs is 5. The largest absolute Gasteiger partial charge is 0.456 e. The maximum absolute atomic E-state index is 6.42. The molecule has 0 saturated carbocycles. The standard InChI is InChI=1S/C58H64O/c1-54(2,3)41-22-16-35(17-23-41)36-20-26-50-46(30-36)47-31-38(21-27-51(47)59-50)37-18-24-44-48(32-37)52(57(10,11)12)45-25-19-39(33-49(45)53(44)58(13,14)15)40-28-42(55(4,5)6)34-43(29-40)56(7,8)9/h16-34H,1-15H3. The molecule has 0 saturated heterocycles. The van der Waals surface area contributed by atoms with Gasteiger partial charge in [0.05, 0.1) is 0 Å². The summed E-state index contributed by atoms with van der Waals surface area (Å²) in [6.45, 7) is 35.0. The summed E-state index contributed by atoms with van der Waals surface area (Å²) in [6.07, 6.45) is 0. The Bertz CT molecular complexity index is 2880. The van der Waals surface area contributed by atoms with Gasteiger partial charge in [0.1, 0.15) is 11.2 Å². The highest BCUT2D eigenvalue weighted by atomic mass is 16.3. The van der Waals surface area contributed by atoms with Gasteiger partial charge in [0, 0.05) is 10.8 Å². The predicted molar refractivity (Wildman–Crippen MR) is 259 cm³/mol. The lowest BCUT2D eigenvalue weighted by Gasteiger charge is -2.31. The van der Waals surface area contributed by atoms with Crippen molar-refractivity contribution < 1.29 is 4.42 Å². The summed E-state index contributed by atoms with van der Waals surface area (Å²) in [4.78, 5) is 0. The molecular weight excluding hydrogens is 713 g/mol. The lowest BCUT2D eigenvalue weighted by Crippen LogP contribution is -2.18. The summed E-state index contributed by atoms with van der Waals surface area (Å²) in [5.41, 5.74) is 16.2. The molecule has 1 nitrogen and oxygen atoms in total. The minimum absolute atomic E-state index is 0.0494. The first kappa shape index (κ1) is 40.6. The molecule has 0 amide bonds. The summed E-state index contributed by atoms with van der Waals surface area (Å²) < 4.78 is 6.42. The Morgan fingerprint density at radius 2 is 0.593 bits per heavy atom. The molecule has 0 aliphatic carbocycles. The van der Waals surface area contributed by atoms with Crippen LogP contribution in [0.15, 0.2) is 120 Å². The Kier molecular flexibility index (Phi) is 9.44. The van der Waals surface area contributed by atoms with Crippen molar-refractivity contribution in [2.75, 3.05) is 0 Å². The van der Waals surface area contributed by atoms with E-state index in [2.05, 4.69) is 219 Å². The van der Waals surface area contributed by atoms with Crippen LogP contribution in [0.1, 0.15) is 132 Å². The average Bonchev–Trinajstić information content (AvgIpc) is 3.51. The Hall–Kier alpha value is -5.14. The van der Waals surface area contributed by atoms with Crippen LogP contribution in [0.3, 0.4) is 0 Å². The quantitative estimate of drug-likeness (QED) is 0.163. The van der Waals surface area contributed by atoms with Crippen molar-refractivity contribution in [3.05, 3.63) is 143 Å². The topological polar surface area (TPSA) is 13.1 Å². The van der Waals surface area contributed by atoms with Gasteiger partial charge in [-0.1, -0.05) is 183 Å². The van der Waals surface area contributed by atoms with Crippen LogP contribution in [-0.4, -0.2) is 0 Å². The van der Waals surface area contributed by atoms with Crippen molar-refractivity contribution in [1.29, 1.82) is 0 Å². The van der Waals surface area contributed by atoms with E-state index in [1.165, 1.54) is 82.7 Å². The zero-order valence-corrected chi connectivity index (χ0v) is 38.4. The van der Waals surface area contributed by atoms with Gasteiger partial charge in [0.15, 0.2) is 0 Å². The number of rotatable bonds is 3. The SMILES string of the molecule is CC(C)(C)c1ccc(-c2ccc3oc4ccc(-c5ccc6c(C(C)(C)C)c7cc(-c8cc(C(C)(C)C)cc(C(C)(C)C)c8)ccc7c(C(C)(C)C)c6c5)cc4c3c2)cc1. The monoisotopic (exact) mass is 776 g/mol. The van der Waals surface area contributed by atoms with Gasteiger partial charge < -0.3 is 4.42 Å². The van der Waals surface area contributed by atoms with Crippen LogP contribution in [0.4, 0.5) is 0 Å². The minimum Gasteiger partial charge on any atom is -0.456 e. The summed E-state index contributed by atoms with van der Waals surface area (Å²) in [5.74, 6) is 0. The number of hydrogen-bond donors (Lipinski definition) is 0. The molecule has 0 fully saturated rings. The Morgan fingerprint density at radius 1 is 0.254 bits per heavy atom. The van der Waals surface area contributed by atoms with Gasteiger partial charge in [-0.05, 0) is 146 Å². The zero-order chi connectivity index (χ0) is 42.6. The van der Waals surface area contributed by atoms with Gasteiger partial charge in [0.2, 0.25) is 0 Å². The van der Waals surface area contributed by atoms with Crippen LogP contribution < -0.4 is 0 Å². The van der Waals surface area contributed by atoms with Gasteiger partial charge in [-0.2, -0.15) is 0 Å². The fourth-order valence-electron chi connectivity index (χ4n) is 9.16. The molecule has 0 spiro atoms. The summed E-state index contributed by atoms with van der Waals surface area (Å²) in [6, 6.07) is 44.1. The molecule has 0 unspecified atom stereocenters. The van der Waals surface area contributed by atoms with Crippen LogP contribution in [0.25, 0.3) is 76.9 Å². The maximum Gasteiger partial charge on any atom is 0.135 e. The Balaban J connectivity index is 1.31. The van der Waals surface area contributed by atoms with Crippen molar-refractivity contribution in [2.45, 2.75) is 131 Å². The Labute approximate surface area is 353 Å². The molecule has 1 aromatic heterocycles. The molecule has 0 aliphatic rings. The van der Waals surface area contributed by atoms with Gasteiger partial charge in [-0.25, -0.2) is 0 Å². The summed E-state index contributed by atoms with van der Waals surface area (Å²) in [7, 11) is 0. The average molecular weight is 777 g/mol. The van der Waals surface area contributed by atoms with Crippen LogP contribution in [0, 0.1) is 0 Å². The van der Waals surface area contributed by atoms with E-state index in [-0.39, 0.29) is 27.1 Å². The van der Waals surface area contributed by atoms with E-state index in [9.17, 15) is 0 Å². The second-order valence-corrected chi connectivity index (χ2v) is 22.4. The third-order valence-electron chi connectivity index (χ3n) is 12.5. The second kappa shape index (κ2) is 13.7. The molecule has 0 aliphatic heterocycles. The van der Waals surface area contributed by atoms with E-state index in [1.807, 2.05) is 0 Å².